The van der Waals surface area contributed by atoms with Crippen LogP contribution in [0.5, 0.6) is 11.5 Å². The number of carbonyl (C=O) groups excluding carboxylic acids is 1. The van der Waals surface area contributed by atoms with E-state index in [9.17, 15) is 4.79 Å². The van der Waals surface area contributed by atoms with Crippen LogP contribution in [0.1, 0.15) is 28.9 Å². The SMILES string of the molecule is COc1ccc(C(C)NC(=O)c2csc(Br)c2)cc1OC. The number of ether oxygens (including phenoxy) is 2. The highest BCUT2D eigenvalue weighted by molar-refractivity contribution is 9.11. The second-order valence-electron chi connectivity index (χ2n) is 4.45. The van der Waals surface area contributed by atoms with Gasteiger partial charge in [-0.25, -0.2) is 0 Å². The maximum absolute atomic E-state index is 12.1. The van der Waals surface area contributed by atoms with Gasteiger partial charge < -0.3 is 14.8 Å². The monoisotopic (exact) mass is 369 g/mol. The fraction of sp³-hybridized carbons (Fsp3) is 0.267. The van der Waals surface area contributed by atoms with Gasteiger partial charge in [-0.2, -0.15) is 0 Å². The number of hydrogen-bond acceptors (Lipinski definition) is 4. The molecule has 0 fully saturated rings. The molecule has 2 rings (SSSR count). The Morgan fingerprint density at radius 3 is 2.52 bits per heavy atom. The van der Waals surface area contributed by atoms with Gasteiger partial charge in [-0.3, -0.25) is 4.79 Å². The van der Waals surface area contributed by atoms with Crippen molar-refractivity contribution >= 4 is 33.2 Å². The van der Waals surface area contributed by atoms with Gasteiger partial charge in [0.1, 0.15) is 0 Å². The van der Waals surface area contributed by atoms with Gasteiger partial charge in [-0.1, -0.05) is 6.07 Å². The van der Waals surface area contributed by atoms with Gasteiger partial charge in [0, 0.05) is 5.38 Å². The maximum Gasteiger partial charge on any atom is 0.252 e. The number of benzene rings is 1. The molecule has 0 bridgehead atoms. The van der Waals surface area contributed by atoms with Crippen molar-refractivity contribution in [1.82, 2.24) is 5.32 Å². The van der Waals surface area contributed by atoms with E-state index >= 15 is 0 Å². The molecule has 2 aromatic rings. The number of nitrogens with one attached hydrogen (secondary N) is 1. The number of amides is 1. The first-order chi connectivity index (χ1) is 10.0. The summed E-state index contributed by atoms with van der Waals surface area (Å²) in [6, 6.07) is 7.29. The lowest BCUT2D eigenvalue weighted by Gasteiger charge is -2.16. The quantitative estimate of drug-likeness (QED) is 0.865. The number of methoxy groups -OCH3 is 2. The molecule has 0 aliphatic heterocycles. The predicted molar refractivity (Wildman–Crippen MR) is 87.4 cm³/mol. The second-order valence-corrected chi connectivity index (χ2v) is 6.74. The van der Waals surface area contributed by atoms with Gasteiger partial charge >= 0.3 is 0 Å². The number of thiophene rings is 1. The Hall–Kier alpha value is -1.53. The van der Waals surface area contributed by atoms with Crippen molar-refractivity contribution in [2.24, 2.45) is 0 Å². The molecule has 0 radical (unpaired) electrons. The Kier molecular flexibility index (Phi) is 5.25. The Morgan fingerprint density at radius 1 is 1.24 bits per heavy atom. The summed E-state index contributed by atoms with van der Waals surface area (Å²) in [6.45, 7) is 1.93. The molecule has 1 N–H and O–H groups in total. The molecule has 1 aromatic carbocycles. The van der Waals surface area contributed by atoms with Crippen LogP contribution in [0.2, 0.25) is 0 Å². The first-order valence-corrected chi connectivity index (χ1v) is 7.99. The van der Waals surface area contributed by atoms with Crippen LogP contribution in [-0.4, -0.2) is 20.1 Å². The zero-order valence-corrected chi connectivity index (χ0v) is 14.4. The summed E-state index contributed by atoms with van der Waals surface area (Å²) < 4.78 is 11.4. The lowest BCUT2D eigenvalue weighted by Crippen LogP contribution is -2.26. The average molecular weight is 370 g/mol. The van der Waals surface area contributed by atoms with Crippen molar-refractivity contribution in [1.29, 1.82) is 0 Å². The molecular formula is C15H16BrNO3S. The standard InChI is InChI=1S/C15H16BrNO3S/c1-9(17-15(18)11-7-14(16)21-8-11)10-4-5-12(19-2)13(6-10)20-3/h4-9H,1-3H3,(H,17,18). The van der Waals surface area contributed by atoms with E-state index in [1.807, 2.05) is 30.5 Å². The third-order valence-corrected chi connectivity index (χ3v) is 4.59. The minimum Gasteiger partial charge on any atom is -0.493 e. The predicted octanol–water partition coefficient (Wildman–Crippen LogP) is 4.02. The van der Waals surface area contributed by atoms with E-state index < -0.39 is 0 Å². The van der Waals surface area contributed by atoms with E-state index in [2.05, 4.69) is 21.2 Å². The topological polar surface area (TPSA) is 47.6 Å². The largest absolute Gasteiger partial charge is 0.493 e. The number of halogens is 1. The Bertz CT molecular complexity index is 642. The normalized spacial score (nSPS) is 11.8. The van der Waals surface area contributed by atoms with Gasteiger partial charge in [0.15, 0.2) is 11.5 Å². The van der Waals surface area contributed by atoms with E-state index in [1.165, 1.54) is 11.3 Å². The van der Waals surface area contributed by atoms with Crippen molar-refractivity contribution in [2.75, 3.05) is 14.2 Å². The summed E-state index contributed by atoms with van der Waals surface area (Å²) >= 11 is 4.84. The molecule has 0 saturated carbocycles. The summed E-state index contributed by atoms with van der Waals surface area (Å²) in [5.74, 6) is 1.22. The summed E-state index contributed by atoms with van der Waals surface area (Å²) in [6.07, 6.45) is 0. The molecule has 1 atom stereocenters. The van der Waals surface area contributed by atoms with Crippen LogP contribution < -0.4 is 14.8 Å². The van der Waals surface area contributed by atoms with Crippen LogP contribution in [0.4, 0.5) is 0 Å². The van der Waals surface area contributed by atoms with Crippen LogP contribution in [0.3, 0.4) is 0 Å². The Labute approximate surface area is 136 Å². The first-order valence-electron chi connectivity index (χ1n) is 6.32. The zero-order valence-electron chi connectivity index (χ0n) is 12.0. The number of rotatable bonds is 5. The lowest BCUT2D eigenvalue weighted by atomic mass is 10.1. The van der Waals surface area contributed by atoms with Crippen LogP contribution in [0.15, 0.2) is 33.4 Å². The molecule has 21 heavy (non-hydrogen) atoms. The Morgan fingerprint density at radius 2 is 1.95 bits per heavy atom. The highest BCUT2D eigenvalue weighted by Crippen LogP contribution is 2.30. The molecule has 0 saturated heterocycles. The number of hydrogen-bond donors (Lipinski definition) is 1. The van der Waals surface area contributed by atoms with E-state index in [1.54, 1.807) is 20.3 Å². The van der Waals surface area contributed by atoms with Crippen molar-refractivity contribution in [2.45, 2.75) is 13.0 Å². The lowest BCUT2D eigenvalue weighted by molar-refractivity contribution is 0.0940. The third-order valence-electron chi connectivity index (χ3n) is 3.08. The smallest absolute Gasteiger partial charge is 0.252 e. The van der Waals surface area contributed by atoms with Crippen LogP contribution >= 0.6 is 27.3 Å². The molecule has 6 heteroatoms. The number of carbonyl (C=O) groups is 1. The second kappa shape index (κ2) is 6.95. The van der Waals surface area contributed by atoms with Gasteiger partial charge in [-0.15, -0.1) is 11.3 Å². The molecule has 1 aromatic heterocycles. The highest BCUT2D eigenvalue weighted by Gasteiger charge is 2.14. The zero-order chi connectivity index (χ0) is 15.4. The van der Waals surface area contributed by atoms with Crippen LogP contribution in [-0.2, 0) is 0 Å². The molecule has 1 unspecified atom stereocenters. The van der Waals surface area contributed by atoms with E-state index in [4.69, 9.17) is 9.47 Å². The van der Waals surface area contributed by atoms with Gasteiger partial charge in [0.2, 0.25) is 0 Å². The van der Waals surface area contributed by atoms with Gasteiger partial charge in [0.25, 0.3) is 5.91 Å². The van der Waals surface area contributed by atoms with Crippen molar-refractivity contribution < 1.29 is 14.3 Å². The summed E-state index contributed by atoms with van der Waals surface area (Å²) in [7, 11) is 3.19. The summed E-state index contributed by atoms with van der Waals surface area (Å²) in [5, 5.41) is 4.79. The molecule has 1 amide bonds. The van der Waals surface area contributed by atoms with Crippen LogP contribution in [0, 0.1) is 0 Å². The van der Waals surface area contributed by atoms with Gasteiger partial charge in [-0.05, 0) is 46.6 Å². The third kappa shape index (κ3) is 3.77. The first kappa shape index (κ1) is 15.9. The molecule has 4 nitrogen and oxygen atoms in total. The molecule has 0 spiro atoms. The maximum atomic E-state index is 12.1. The Balaban J connectivity index is 2.13. The van der Waals surface area contributed by atoms with Crippen LogP contribution in [0.25, 0.3) is 0 Å². The van der Waals surface area contributed by atoms with E-state index in [0.717, 1.165) is 9.35 Å². The minimum atomic E-state index is -0.129. The fourth-order valence-corrected chi connectivity index (χ4v) is 3.05. The van der Waals surface area contributed by atoms with E-state index in [0.29, 0.717) is 17.1 Å². The van der Waals surface area contributed by atoms with Gasteiger partial charge in [0.05, 0.1) is 29.6 Å². The molecule has 0 aliphatic rings. The minimum absolute atomic E-state index is 0.0979. The summed E-state index contributed by atoms with van der Waals surface area (Å²) in [5.41, 5.74) is 1.61. The fourth-order valence-electron chi connectivity index (χ4n) is 1.91. The summed E-state index contributed by atoms with van der Waals surface area (Å²) in [4.78, 5) is 12.1. The van der Waals surface area contributed by atoms with Crippen molar-refractivity contribution in [3.05, 3.63) is 44.6 Å². The molecule has 1 heterocycles. The average Bonchev–Trinajstić information content (AvgIpc) is 2.93. The molecular weight excluding hydrogens is 354 g/mol. The molecule has 0 aliphatic carbocycles. The van der Waals surface area contributed by atoms with E-state index in [-0.39, 0.29) is 11.9 Å². The van der Waals surface area contributed by atoms with Crippen molar-refractivity contribution in [3.8, 4) is 11.5 Å². The highest BCUT2D eigenvalue weighted by atomic mass is 79.9. The van der Waals surface area contributed by atoms with Crippen molar-refractivity contribution in [3.63, 3.8) is 0 Å². The molecule has 112 valence electrons.